The molecule has 0 N–H and O–H groups in total. The topological polar surface area (TPSA) is 46.6 Å². The predicted octanol–water partition coefficient (Wildman–Crippen LogP) is 4.97. The van der Waals surface area contributed by atoms with E-state index in [1.807, 2.05) is 72.8 Å². The van der Waals surface area contributed by atoms with Crippen LogP contribution >= 0.6 is 0 Å². The number of nitrogens with zero attached hydrogens (tertiary/aromatic N) is 1. The Bertz CT molecular complexity index is 1030. The average Bonchev–Trinajstić information content (AvgIpc) is 3.17. The van der Waals surface area contributed by atoms with E-state index in [0.717, 1.165) is 11.3 Å². The molecule has 0 unspecified atom stereocenters. The van der Waals surface area contributed by atoms with Crippen LogP contribution in [0.3, 0.4) is 0 Å². The number of hydrogen-bond acceptors (Lipinski definition) is 3. The summed E-state index contributed by atoms with van der Waals surface area (Å²) in [6.07, 6.45) is 0.173. The second-order valence-corrected chi connectivity index (χ2v) is 8.18. The lowest BCUT2D eigenvalue weighted by atomic mass is 9.78. The Morgan fingerprint density at radius 2 is 1.43 bits per heavy atom. The number of anilines is 1. The third-order valence-corrected chi connectivity index (χ3v) is 5.82. The molecule has 1 amide bonds. The number of benzene rings is 3. The lowest BCUT2D eigenvalue weighted by Crippen LogP contribution is -2.27. The van der Waals surface area contributed by atoms with E-state index >= 15 is 0 Å². The quantitative estimate of drug-likeness (QED) is 0.449. The predicted molar refractivity (Wildman–Crippen MR) is 118 cm³/mol. The molecule has 152 valence electrons. The largest absolute Gasteiger partial charge is 0.426 e. The smallest absolute Gasteiger partial charge is 0.316 e. The molecule has 1 fully saturated rings. The number of para-hydroxylation sites is 1. The van der Waals surface area contributed by atoms with Gasteiger partial charge in [0.2, 0.25) is 5.91 Å². The third kappa shape index (κ3) is 3.99. The van der Waals surface area contributed by atoms with Crippen LogP contribution in [0.5, 0.6) is 5.75 Å². The van der Waals surface area contributed by atoms with E-state index in [-0.39, 0.29) is 23.7 Å². The molecular formula is C26H25NO3. The molecule has 0 aliphatic carbocycles. The van der Waals surface area contributed by atoms with E-state index in [9.17, 15) is 9.59 Å². The van der Waals surface area contributed by atoms with Gasteiger partial charge in [-0.3, -0.25) is 9.59 Å². The molecule has 30 heavy (non-hydrogen) atoms. The molecular weight excluding hydrogens is 374 g/mol. The molecule has 0 spiro atoms. The van der Waals surface area contributed by atoms with Crippen LogP contribution in [0.15, 0.2) is 84.9 Å². The SMILES string of the molecule is CC(C)(c1ccccc1)c1ccc(OC(=O)[C@@H]2CC(=O)N(c3ccccc3)C2)cc1. The molecule has 4 nitrogen and oxygen atoms in total. The number of esters is 1. The van der Waals surface area contributed by atoms with Crippen molar-refractivity contribution in [1.29, 1.82) is 0 Å². The summed E-state index contributed by atoms with van der Waals surface area (Å²) in [5.74, 6) is -0.378. The standard InChI is InChI=1S/C26H25NO3/c1-26(2,20-9-5-3-6-10-20)21-13-15-23(16-14-21)30-25(29)19-17-24(28)27(18-19)22-11-7-4-8-12-22/h3-16,19H,17-18H2,1-2H3/t19-/m1/s1. The molecule has 1 atom stereocenters. The lowest BCUT2D eigenvalue weighted by Gasteiger charge is -2.26. The second kappa shape index (κ2) is 8.15. The highest BCUT2D eigenvalue weighted by Gasteiger charge is 2.36. The first-order chi connectivity index (χ1) is 14.4. The summed E-state index contributed by atoms with van der Waals surface area (Å²) < 4.78 is 5.59. The normalized spacial score (nSPS) is 16.5. The van der Waals surface area contributed by atoms with Crippen molar-refractivity contribution in [2.24, 2.45) is 5.92 Å². The molecule has 4 heteroatoms. The minimum absolute atomic E-state index is 0.0527. The highest BCUT2D eigenvalue weighted by Crippen LogP contribution is 2.32. The first kappa shape index (κ1) is 19.9. The summed E-state index contributed by atoms with van der Waals surface area (Å²) in [6.45, 7) is 4.69. The molecule has 0 aromatic heterocycles. The highest BCUT2D eigenvalue weighted by atomic mass is 16.5. The third-order valence-electron chi connectivity index (χ3n) is 5.82. The number of carbonyl (C=O) groups is 2. The van der Waals surface area contributed by atoms with Crippen molar-refractivity contribution in [1.82, 2.24) is 0 Å². The van der Waals surface area contributed by atoms with Crippen molar-refractivity contribution in [3.63, 3.8) is 0 Å². The molecule has 4 rings (SSSR count). The summed E-state index contributed by atoms with van der Waals surface area (Å²) in [6, 6.07) is 27.4. The van der Waals surface area contributed by atoms with Gasteiger partial charge < -0.3 is 9.64 Å². The van der Waals surface area contributed by atoms with Gasteiger partial charge in [-0.2, -0.15) is 0 Å². The van der Waals surface area contributed by atoms with Crippen molar-refractivity contribution in [3.05, 3.63) is 96.1 Å². The van der Waals surface area contributed by atoms with E-state index < -0.39 is 5.92 Å². The number of amides is 1. The molecule has 3 aromatic rings. The van der Waals surface area contributed by atoms with Gasteiger partial charge in [-0.25, -0.2) is 0 Å². The zero-order valence-corrected chi connectivity index (χ0v) is 17.2. The van der Waals surface area contributed by atoms with Gasteiger partial charge in [0.1, 0.15) is 5.75 Å². The maximum atomic E-state index is 12.6. The van der Waals surface area contributed by atoms with Crippen LogP contribution in [0.1, 0.15) is 31.4 Å². The lowest BCUT2D eigenvalue weighted by molar-refractivity contribution is -0.139. The van der Waals surface area contributed by atoms with E-state index in [1.165, 1.54) is 5.56 Å². The summed E-state index contributed by atoms with van der Waals surface area (Å²) in [4.78, 5) is 26.6. The van der Waals surface area contributed by atoms with Crippen molar-refractivity contribution >= 4 is 17.6 Å². The first-order valence-electron chi connectivity index (χ1n) is 10.2. The number of hydrogen-bond donors (Lipinski definition) is 0. The second-order valence-electron chi connectivity index (χ2n) is 8.18. The maximum absolute atomic E-state index is 12.6. The number of ether oxygens (including phenoxy) is 1. The van der Waals surface area contributed by atoms with Crippen LogP contribution in [-0.4, -0.2) is 18.4 Å². The Morgan fingerprint density at radius 1 is 0.867 bits per heavy atom. The molecule has 1 saturated heterocycles. The van der Waals surface area contributed by atoms with Gasteiger partial charge in [0.25, 0.3) is 0 Å². The zero-order chi connectivity index (χ0) is 21.1. The van der Waals surface area contributed by atoms with Crippen molar-refractivity contribution < 1.29 is 14.3 Å². The Morgan fingerprint density at radius 3 is 2.07 bits per heavy atom. The molecule has 3 aromatic carbocycles. The average molecular weight is 399 g/mol. The fourth-order valence-corrected chi connectivity index (χ4v) is 3.88. The van der Waals surface area contributed by atoms with E-state index in [4.69, 9.17) is 4.74 Å². The Balaban J connectivity index is 1.43. The minimum atomic E-state index is -0.460. The molecule has 0 saturated carbocycles. The Hall–Kier alpha value is -3.40. The van der Waals surface area contributed by atoms with Crippen LogP contribution in [-0.2, 0) is 15.0 Å². The van der Waals surface area contributed by atoms with Crippen LogP contribution in [0, 0.1) is 5.92 Å². The van der Waals surface area contributed by atoms with Crippen LogP contribution in [0.2, 0.25) is 0 Å². The van der Waals surface area contributed by atoms with Crippen molar-refractivity contribution in [3.8, 4) is 5.75 Å². The van der Waals surface area contributed by atoms with Gasteiger partial charge in [-0.05, 0) is 35.4 Å². The zero-order valence-electron chi connectivity index (χ0n) is 17.2. The maximum Gasteiger partial charge on any atom is 0.316 e. The highest BCUT2D eigenvalue weighted by molar-refractivity contribution is 5.99. The van der Waals surface area contributed by atoms with Gasteiger partial charge in [0.15, 0.2) is 0 Å². The van der Waals surface area contributed by atoms with Crippen molar-refractivity contribution in [2.45, 2.75) is 25.7 Å². The fraction of sp³-hybridized carbons (Fsp3) is 0.231. The van der Waals surface area contributed by atoms with Crippen molar-refractivity contribution in [2.75, 3.05) is 11.4 Å². The summed E-state index contributed by atoms with van der Waals surface area (Å²) in [5.41, 5.74) is 3.02. The fourth-order valence-electron chi connectivity index (χ4n) is 3.88. The van der Waals surface area contributed by atoms with Gasteiger partial charge >= 0.3 is 5.97 Å². The van der Waals surface area contributed by atoms with Crippen LogP contribution < -0.4 is 9.64 Å². The summed E-state index contributed by atoms with van der Waals surface area (Å²) >= 11 is 0. The molecule has 0 bridgehead atoms. The van der Waals surface area contributed by atoms with E-state index in [2.05, 4.69) is 26.0 Å². The Labute approximate surface area is 177 Å². The van der Waals surface area contributed by atoms with Crippen LogP contribution in [0.25, 0.3) is 0 Å². The summed E-state index contributed by atoms with van der Waals surface area (Å²) in [5, 5.41) is 0. The van der Waals surface area contributed by atoms with E-state index in [1.54, 1.807) is 4.90 Å². The van der Waals surface area contributed by atoms with Gasteiger partial charge in [0, 0.05) is 24.1 Å². The molecule has 1 aliphatic heterocycles. The van der Waals surface area contributed by atoms with Crippen LogP contribution in [0.4, 0.5) is 5.69 Å². The molecule has 0 radical (unpaired) electrons. The Kier molecular flexibility index (Phi) is 5.40. The van der Waals surface area contributed by atoms with Gasteiger partial charge in [-0.15, -0.1) is 0 Å². The number of carbonyl (C=O) groups excluding carboxylic acids is 2. The molecule has 1 heterocycles. The van der Waals surface area contributed by atoms with E-state index in [0.29, 0.717) is 12.3 Å². The summed E-state index contributed by atoms with van der Waals surface area (Å²) in [7, 11) is 0. The molecule has 1 aliphatic rings. The monoisotopic (exact) mass is 399 g/mol. The van der Waals surface area contributed by atoms with Gasteiger partial charge in [-0.1, -0.05) is 74.5 Å². The minimum Gasteiger partial charge on any atom is -0.426 e. The number of rotatable bonds is 5. The van der Waals surface area contributed by atoms with Gasteiger partial charge in [0.05, 0.1) is 5.92 Å². The first-order valence-corrected chi connectivity index (χ1v) is 10.2.